The zero-order valence-electron chi connectivity index (χ0n) is 10.8. The van der Waals surface area contributed by atoms with Gasteiger partial charge in [-0.05, 0) is 27.7 Å². The minimum Gasteiger partial charge on any atom is -0.481 e. The lowest BCUT2D eigenvalue weighted by Crippen LogP contribution is -2.07. The molecule has 0 aliphatic carbocycles. The van der Waals surface area contributed by atoms with Crippen LogP contribution in [0.2, 0.25) is 0 Å². The Bertz CT molecular complexity index is 279. The first-order valence-electron chi connectivity index (χ1n) is 5.64. The van der Waals surface area contributed by atoms with Gasteiger partial charge in [-0.15, -0.1) is 0 Å². The average Bonchev–Trinajstić information content (AvgIpc) is 2.26. The van der Waals surface area contributed by atoms with Crippen LogP contribution in [-0.2, 0) is 23.1 Å². The molecule has 0 bridgehead atoms. The minimum atomic E-state index is -3.65. The first kappa shape index (κ1) is 16.3. The number of ether oxygens (including phenoxy) is 2. The minimum absolute atomic E-state index is 0.174. The molecule has 0 atom stereocenters. The maximum atomic E-state index is 12.4. The van der Waals surface area contributed by atoms with Crippen molar-refractivity contribution in [2.24, 2.45) is 0 Å². The monoisotopic (exact) mass is 268 g/mol. The summed E-state index contributed by atoms with van der Waals surface area (Å²) in [5, 5.41) is 9.63. The number of rotatable bonds is 9. The predicted molar refractivity (Wildman–Crippen MR) is 63.8 cm³/mol. The molecule has 1 N–H and O–H groups in total. The van der Waals surface area contributed by atoms with Gasteiger partial charge in [0.2, 0.25) is 0 Å². The largest absolute Gasteiger partial charge is 0.481 e. The van der Waals surface area contributed by atoms with Crippen molar-refractivity contribution in [1.82, 2.24) is 0 Å². The van der Waals surface area contributed by atoms with Crippen LogP contribution in [0.1, 0.15) is 27.7 Å². The average molecular weight is 268 g/mol. The van der Waals surface area contributed by atoms with E-state index in [1.54, 1.807) is 27.7 Å². The maximum absolute atomic E-state index is 12.4. The fourth-order valence-electron chi connectivity index (χ4n) is 1.09. The van der Waals surface area contributed by atoms with E-state index in [1.165, 1.54) is 0 Å². The molecule has 0 aliphatic heterocycles. The quantitative estimate of drug-likeness (QED) is 0.512. The molecule has 0 fully saturated rings. The third kappa shape index (κ3) is 4.98. The SMILES string of the molecule is CCOC(O)=C(OCC)P(=O)(OCC)OCC. The molecule has 0 aliphatic rings. The summed E-state index contributed by atoms with van der Waals surface area (Å²) >= 11 is 0. The van der Waals surface area contributed by atoms with Gasteiger partial charge >= 0.3 is 13.5 Å². The second kappa shape index (κ2) is 8.39. The van der Waals surface area contributed by atoms with Gasteiger partial charge in [-0.3, -0.25) is 4.57 Å². The van der Waals surface area contributed by atoms with Crippen LogP contribution in [0.5, 0.6) is 0 Å². The summed E-state index contributed by atoms with van der Waals surface area (Å²) in [4.78, 5) is 0. The second-order valence-corrected chi connectivity index (χ2v) is 4.73. The van der Waals surface area contributed by atoms with Crippen LogP contribution in [0.25, 0.3) is 0 Å². The highest BCUT2D eigenvalue weighted by molar-refractivity contribution is 7.58. The molecular weight excluding hydrogens is 247 g/mol. The summed E-state index contributed by atoms with van der Waals surface area (Å²) in [5.74, 6) is -0.556. The second-order valence-electron chi connectivity index (χ2n) is 2.81. The highest BCUT2D eigenvalue weighted by Crippen LogP contribution is 2.57. The van der Waals surface area contributed by atoms with Crippen LogP contribution in [-0.4, -0.2) is 31.5 Å². The van der Waals surface area contributed by atoms with E-state index in [0.29, 0.717) is 0 Å². The molecule has 7 heteroatoms. The van der Waals surface area contributed by atoms with Crippen molar-refractivity contribution in [3.63, 3.8) is 0 Å². The first-order chi connectivity index (χ1) is 8.05. The van der Waals surface area contributed by atoms with E-state index in [1.807, 2.05) is 0 Å². The Hall–Kier alpha value is -0.710. The molecule has 0 aromatic carbocycles. The van der Waals surface area contributed by atoms with E-state index < -0.39 is 13.5 Å². The van der Waals surface area contributed by atoms with Gasteiger partial charge in [0.05, 0.1) is 26.4 Å². The van der Waals surface area contributed by atoms with Gasteiger partial charge in [-0.1, -0.05) is 0 Å². The van der Waals surface area contributed by atoms with Gasteiger partial charge in [0.1, 0.15) is 0 Å². The third-order valence-corrected chi connectivity index (χ3v) is 3.61. The predicted octanol–water partition coefficient (Wildman–Crippen LogP) is 3.01. The van der Waals surface area contributed by atoms with Crippen LogP contribution >= 0.6 is 7.60 Å². The van der Waals surface area contributed by atoms with E-state index in [0.717, 1.165) is 0 Å². The van der Waals surface area contributed by atoms with E-state index in [9.17, 15) is 9.67 Å². The molecule has 0 rings (SSSR count). The molecule has 0 aromatic rings. The van der Waals surface area contributed by atoms with E-state index >= 15 is 0 Å². The summed E-state index contributed by atoms with van der Waals surface area (Å²) < 4.78 is 32.5. The van der Waals surface area contributed by atoms with Gasteiger partial charge in [0, 0.05) is 0 Å². The van der Waals surface area contributed by atoms with Gasteiger partial charge in [-0.25, -0.2) is 0 Å². The number of aliphatic hydroxyl groups is 1. The van der Waals surface area contributed by atoms with Crippen LogP contribution < -0.4 is 0 Å². The molecule has 0 saturated heterocycles. The van der Waals surface area contributed by atoms with Crippen LogP contribution in [0.4, 0.5) is 0 Å². The number of hydrogen-bond donors (Lipinski definition) is 1. The van der Waals surface area contributed by atoms with E-state index in [2.05, 4.69) is 0 Å². The fourth-order valence-corrected chi connectivity index (χ4v) is 2.66. The summed E-state index contributed by atoms with van der Waals surface area (Å²) in [5.41, 5.74) is -0.273. The summed E-state index contributed by atoms with van der Waals surface area (Å²) in [6.45, 7) is 7.52. The van der Waals surface area contributed by atoms with Crippen molar-refractivity contribution in [2.45, 2.75) is 27.7 Å². The van der Waals surface area contributed by atoms with E-state index in [4.69, 9.17) is 18.5 Å². The lowest BCUT2D eigenvalue weighted by molar-refractivity contribution is 0.0706. The highest BCUT2D eigenvalue weighted by Gasteiger charge is 2.36. The zero-order chi connectivity index (χ0) is 13.3. The third-order valence-electron chi connectivity index (χ3n) is 1.59. The molecular formula is C10H21O6P. The molecule has 0 heterocycles. The smallest absolute Gasteiger partial charge is 0.403 e. The van der Waals surface area contributed by atoms with Crippen molar-refractivity contribution >= 4 is 7.60 Å². The van der Waals surface area contributed by atoms with Gasteiger partial charge in [0.15, 0.2) is 0 Å². The molecule has 0 unspecified atom stereocenters. The lowest BCUT2D eigenvalue weighted by atomic mass is 10.8. The summed E-state index contributed by atoms with van der Waals surface area (Å²) in [6.07, 6.45) is 0. The topological polar surface area (TPSA) is 74.2 Å². The molecule has 0 radical (unpaired) electrons. The Labute approximate surface area is 102 Å². The first-order valence-corrected chi connectivity index (χ1v) is 7.18. The maximum Gasteiger partial charge on any atom is 0.403 e. The number of aliphatic hydroxyl groups excluding tert-OH is 1. The molecule has 0 spiro atoms. The van der Waals surface area contributed by atoms with Crippen LogP contribution in [0, 0.1) is 0 Å². The van der Waals surface area contributed by atoms with Crippen LogP contribution in [0.3, 0.4) is 0 Å². The Morgan fingerprint density at radius 1 is 0.941 bits per heavy atom. The normalized spacial score (nSPS) is 13.2. The molecule has 102 valence electrons. The Morgan fingerprint density at radius 2 is 1.41 bits per heavy atom. The van der Waals surface area contributed by atoms with Crippen molar-refractivity contribution in [2.75, 3.05) is 26.4 Å². The van der Waals surface area contributed by atoms with Gasteiger partial charge < -0.3 is 23.6 Å². The molecule has 0 aromatic heterocycles. The van der Waals surface area contributed by atoms with Gasteiger partial charge in [0.25, 0.3) is 5.50 Å². The molecule has 0 saturated carbocycles. The van der Waals surface area contributed by atoms with Crippen molar-refractivity contribution in [3.05, 3.63) is 11.4 Å². The Morgan fingerprint density at radius 3 is 1.76 bits per heavy atom. The summed E-state index contributed by atoms with van der Waals surface area (Å²) in [6, 6.07) is 0. The van der Waals surface area contributed by atoms with E-state index in [-0.39, 0.29) is 31.9 Å². The molecule has 17 heavy (non-hydrogen) atoms. The fraction of sp³-hybridized carbons (Fsp3) is 0.800. The van der Waals surface area contributed by atoms with Crippen molar-refractivity contribution in [3.8, 4) is 0 Å². The lowest BCUT2D eigenvalue weighted by Gasteiger charge is -2.20. The standard InChI is InChI=1S/C10H21O6P/c1-5-13-9(11)10(14-6-2)17(12,15-7-3)16-8-4/h11H,5-8H2,1-4H3. The highest BCUT2D eigenvalue weighted by atomic mass is 31.2. The zero-order valence-corrected chi connectivity index (χ0v) is 11.7. The van der Waals surface area contributed by atoms with Crippen LogP contribution in [0.15, 0.2) is 11.4 Å². The Kier molecular flexibility index (Phi) is 8.04. The molecule has 0 amide bonds. The molecule has 6 nitrogen and oxygen atoms in total. The van der Waals surface area contributed by atoms with Crippen molar-refractivity contribution < 1.29 is 28.2 Å². The Balaban J connectivity index is 5.22. The number of hydrogen-bond acceptors (Lipinski definition) is 6. The summed E-state index contributed by atoms with van der Waals surface area (Å²) in [7, 11) is -3.65. The van der Waals surface area contributed by atoms with Gasteiger partial charge in [-0.2, -0.15) is 0 Å². The van der Waals surface area contributed by atoms with Crippen molar-refractivity contribution in [1.29, 1.82) is 0 Å².